The van der Waals surface area contributed by atoms with E-state index in [2.05, 4.69) is 0 Å². The Hall–Kier alpha value is -1.47. The van der Waals surface area contributed by atoms with Gasteiger partial charge in [-0.2, -0.15) is 0 Å². The van der Waals surface area contributed by atoms with E-state index in [0.717, 1.165) is 0 Å². The van der Waals surface area contributed by atoms with E-state index in [0.29, 0.717) is 4.90 Å². The first-order chi connectivity index (χ1) is 8.95. The van der Waals surface area contributed by atoms with Crippen molar-refractivity contribution >= 4 is 5.69 Å². The zero-order valence-corrected chi connectivity index (χ0v) is 9.63. The van der Waals surface area contributed by atoms with Crippen LogP contribution in [0.2, 0.25) is 0 Å². The Balaban J connectivity index is 3.16. The van der Waals surface area contributed by atoms with Gasteiger partial charge in [-0.1, -0.05) is 0 Å². The quantitative estimate of drug-likeness (QED) is 0.253. The first-order valence-electron chi connectivity index (χ1n) is 5.34. The molecule has 1 aromatic rings. The minimum Gasteiger partial charge on any atom is -0.339 e. The molecular weight excluding hydrogens is 279 g/mol. The second-order valence-electron chi connectivity index (χ2n) is 3.70. The molecule has 0 radical (unpaired) electrons. The van der Waals surface area contributed by atoms with Gasteiger partial charge in [0.05, 0.1) is 6.67 Å². The van der Waals surface area contributed by atoms with Gasteiger partial charge in [0.15, 0.2) is 30.1 Å². The van der Waals surface area contributed by atoms with Crippen LogP contribution < -0.4 is 4.90 Å². The largest absolute Gasteiger partial charge is 0.339 e. The molecule has 0 aliphatic rings. The average molecular weight is 289 g/mol. The minimum atomic E-state index is -2.30. The van der Waals surface area contributed by atoms with Gasteiger partial charge in [-0.05, 0) is 12.8 Å². The Labute approximate surface area is 104 Å². The van der Waals surface area contributed by atoms with Crippen molar-refractivity contribution in [2.75, 3.05) is 24.9 Å². The summed E-state index contributed by atoms with van der Waals surface area (Å²) in [4.78, 5) is 0.339. The van der Waals surface area contributed by atoms with Gasteiger partial charge in [-0.3, -0.25) is 4.39 Å². The van der Waals surface area contributed by atoms with Crippen LogP contribution in [0.5, 0.6) is 0 Å². The van der Waals surface area contributed by atoms with Crippen LogP contribution in [0.25, 0.3) is 0 Å². The molecule has 0 atom stereocenters. The Morgan fingerprint density at radius 1 is 0.684 bits per heavy atom. The van der Waals surface area contributed by atoms with Crippen molar-refractivity contribution in [1.29, 1.82) is 0 Å². The molecule has 0 N–H and O–H groups in total. The van der Waals surface area contributed by atoms with E-state index in [1.165, 1.54) is 0 Å². The highest BCUT2D eigenvalue weighted by Crippen LogP contribution is 2.30. The van der Waals surface area contributed by atoms with E-state index in [9.17, 15) is 30.7 Å². The van der Waals surface area contributed by atoms with Gasteiger partial charge in [-0.15, -0.1) is 0 Å². The van der Waals surface area contributed by atoms with E-state index >= 15 is 0 Å². The monoisotopic (exact) mass is 289 g/mol. The number of rotatable bonds is 6. The third-order valence-electron chi connectivity index (χ3n) is 2.46. The smallest absolute Gasteiger partial charge is 0.200 e. The van der Waals surface area contributed by atoms with Crippen LogP contribution >= 0.6 is 0 Å². The number of halogens is 7. The van der Waals surface area contributed by atoms with Crippen LogP contribution in [0.4, 0.5) is 36.4 Å². The van der Waals surface area contributed by atoms with Crippen LogP contribution in [0.15, 0.2) is 0 Å². The number of unbranched alkanes of at least 4 members (excludes halogenated alkanes) is 1. The molecule has 0 saturated carbocycles. The summed E-state index contributed by atoms with van der Waals surface area (Å²) in [5.74, 6) is -10.8. The molecule has 0 fully saturated rings. The highest BCUT2D eigenvalue weighted by molar-refractivity contribution is 5.50. The fourth-order valence-electron chi connectivity index (χ4n) is 1.50. The fourth-order valence-corrected chi connectivity index (χ4v) is 1.50. The summed E-state index contributed by atoms with van der Waals surface area (Å²) < 4.78 is 89.8. The summed E-state index contributed by atoms with van der Waals surface area (Å²) in [6.45, 7) is -2.54. The minimum absolute atomic E-state index is 0.00804. The fraction of sp³-hybridized carbons (Fsp3) is 0.455. The molecule has 1 nitrogen and oxygen atoms in total. The molecule has 0 aliphatic heterocycles. The second-order valence-corrected chi connectivity index (χ2v) is 3.70. The maximum Gasteiger partial charge on any atom is 0.200 e. The Bertz CT molecular complexity index is 420. The number of alkyl halides is 2. The van der Waals surface area contributed by atoms with E-state index in [-0.39, 0.29) is 19.4 Å². The van der Waals surface area contributed by atoms with Gasteiger partial charge in [-0.25, -0.2) is 26.3 Å². The van der Waals surface area contributed by atoms with Crippen LogP contribution in [-0.4, -0.2) is 20.0 Å². The number of nitrogens with zero attached hydrogens (tertiary/aromatic N) is 1. The van der Waals surface area contributed by atoms with Crippen molar-refractivity contribution in [2.24, 2.45) is 0 Å². The standard InChI is InChI=1S/C11H10F7N/c12-3-1-2-4-19(5-13)11-9(17)7(15)6(14)8(16)10(11)18/h1-5H2. The lowest BCUT2D eigenvalue weighted by molar-refractivity contribution is 0.370. The predicted molar refractivity (Wildman–Crippen MR) is 54.8 cm³/mol. The van der Waals surface area contributed by atoms with Crippen LogP contribution in [0, 0.1) is 29.1 Å². The molecule has 19 heavy (non-hydrogen) atoms. The Kier molecular flexibility index (Phi) is 5.44. The normalized spacial score (nSPS) is 10.9. The van der Waals surface area contributed by atoms with Gasteiger partial charge in [0.25, 0.3) is 0 Å². The molecule has 0 unspecified atom stereocenters. The van der Waals surface area contributed by atoms with Crippen molar-refractivity contribution in [3.63, 3.8) is 0 Å². The van der Waals surface area contributed by atoms with Gasteiger partial charge >= 0.3 is 0 Å². The molecule has 0 heterocycles. The number of benzene rings is 1. The van der Waals surface area contributed by atoms with E-state index in [1.54, 1.807) is 0 Å². The number of hydrogen-bond donors (Lipinski definition) is 0. The van der Waals surface area contributed by atoms with Gasteiger partial charge < -0.3 is 4.90 Å². The van der Waals surface area contributed by atoms with E-state index < -0.39 is 48.2 Å². The number of hydrogen-bond acceptors (Lipinski definition) is 1. The first-order valence-corrected chi connectivity index (χ1v) is 5.34. The van der Waals surface area contributed by atoms with Crippen LogP contribution in [-0.2, 0) is 0 Å². The molecule has 0 saturated heterocycles. The lowest BCUT2D eigenvalue weighted by Crippen LogP contribution is -2.27. The summed E-state index contributed by atoms with van der Waals surface area (Å²) in [7, 11) is 0. The molecular formula is C11H10F7N. The van der Waals surface area contributed by atoms with Crippen LogP contribution in [0.1, 0.15) is 12.8 Å². The van der Waals surface area contributed by atoms with Gasteiger partial charge in [0, 0.05) is 6.54 Å². The molecule has 0 aliphatic carbocycles. The molecule has 0 amide bonds. The van der Waals surface area contributed by atoms with Crippen molar-refractivity contribution in [3.8, 4) is 0 Å². The molecule has 108 valence electrons. The van der Waals surface area contributed by atoms with Gasteiger partial charge in [0.2, 0.25) is 5.82 Å². The Morgan fingerprint density at radius 3 is 1.58 bits per heavy atom. The lowest BCUT2D eigenvalue weighted by Gasteiger charge is -2.22. The summed E-state index contributed by atoms with van der Waals surface area (Å²) in [5.41, 5.74) is -1.34. The molecule has 8 heteroatoms. The zero-order chi connectivity index (χ0) is 14.6. The molecule has 0 spiro atoms. The van der Waals surface area contributed by atoms with Crippen molar-refractivity contribution in [3.05, 3.63) is 29.1 Å². The van der Waals surface area contributed by atoms with E-state index in [4.69, 9.17) is 0 Å². The highest BCUT2D eigenvalue weighted by Gasteiger charge is 2.28. The van der Waals surface area contributed by atoms with Crippen molar-refractivity contribution in [1.82, 2.24) is 0 Å². The highest BCUT2D eigenvalue weighted by atomic mass is 19.2. The summed E-state index contributed by atoms with van der Waals surface area (Å²) >= 11 is 0. The molecule has 0 bridgehead atoms. The predicted octanol–water partition coefficient (Wildman–Crippen LogP) is 3.87. The summed E-state index contributed by atoms with van der Waals surface area (Å²) in [6, 6.07) is 0. The number of anilines is 1. The topological polar surface area (TPSA) is 3.24 Å². The molecule has 0 aromatic heterocycles. The zero-order valence-electron chi connectivity index (χ0n) is 9.63. The SMILES string of the molecule is FCCCCN(CF)c1c(F)c(F)c(F)c(F)c1F. The van der Waals surface area contributed by atoms with Gasteiger partial charge in [0.1, 0.15) is 5.69 Å². The molecule has 1 aromatic carbocycles. The van der Waals surface area contributed by atoms with Crippen molar-refractivity contribution in [2.45, 2.75) is 12.8 Å². The maximum absolute atomic E-state index is 13.3. The van der Waals surface area contributed by atoms with E-state index in [1.807, 2.05) is 0 Å². The third kappa shape index (κ3) is 3.10. The first kappa shape index (κ1) is 15.6. The molecule has 1 rings (SSSR count). The average Bonchev–Trinajstić information content (AvgIpc) is 2.41. The third-order valence-corrected chi connectivity index (χ3v) is 2.46. The van der Waals surface area contributed by atoms with Crippen LogP contribution in [0.3, 0.4) is 0 Å². The lowest BCUT2D eigenvalue weighted by atomic mass is 10.2. The second kappa shape index (κ2) is 6.63. The maximum atomic E-state index is 13.3. The Morgan fingerprint density at radius 2 is 1.16 bits per heavy atom. The summed E-state index contributed by atoms with van der Waals surface area (Å²) in [5, 5.41) is 0. The van der Waals surface area contributed by atoms with Crippen molar-refractivity contribution < 1.29 is 30.7 Å². The summed E-state index contributed by atoms with van der Waals surface area (Å²) in [6.07, 6.45) is 0.00577.